The highest BCUT2D eigenvalue weighted by Gasteiger charge is 2.07. The number of hydrogen-bond acceptors (Lipinski definition) is 5. The lowest BCUT2D eigenvalue weighted by molar-refractivity contribution is 0.0953. The van der Waals surface area contributed by atoms with Gasteiger partial charge in [-0.3, -0.25) is 4.79 Å². The van der Waals surface area contributed by atoms with Gasteiger partial charge in [0.2, 0.25) is 0 Å². The molecule has 0 fully saturated rings. The molecule has 19 heavy (non-hydrogen) atoms. The normalized spacial score (nSPS) is 9.89. The molecule has 0 aliphatic rings. The summed E-state index contributed by atoms with van der Waals surface area (Å²) in [6.07, 6.45) is 4.55. The molecule has 98 valence electrons. The molecule has 2 rings (SSSR count). The van der Waals surface area contributed by atoms with Gasteiger partial charge in [-0.05, 0) is 12.1 Å². The first-order valence-electron chi connectivity index (χ1n) is 5.77. The molecule has 0 atom stereocenters. The second-order valence-corrected chi connectivity index (χ2v) is 3.72. The molecule has 2 aromatic rings. The van der Waals surface area contributed by atoms with Crippen molar-refractivity contribution in [1.29, 1.82) is 0 Å². The van der Waals surface area contributed by atoms with Gasteiger partial charge < -0.3 is 15.1 Å². The smallest absolute Gasteiger partial charge is 0.270 e. The summed E-state index contributed by atoms with van der Waals surface area (Å²) in [6, 6.07) is 5.25. The average Bonchev–Trinajstić information content (AvgIpc) is 2.96. The predicted molar refractivity (Wildman–Crippen MR) is 70.6 cm³/mol. The van der Waals surface area contributed by atoms with E-state index in [-0.39, 0.29) is 5.91 Å². The number of aromatic nitrogens is 2. The number of rotatable bonds is 6. The zero-order valence-corrected chi connectivity index (χ0v) is 10.3. The van der Waals surface area contributed by atoms with E-state index in [0.29, 0.717) is 24.6 Å². The van der Waals surface area contributed by atoms with E-state index >= 15 is 0 Å². The lowest BCUT2D eigenvalue weighted by Crippen LogP contribution is -2.24. The van der Waals surface area contributed by atoms with Crippen molar-refractivity contribution in [1.82, 2.24) is 15.3 Å². The molecule has 2 heterocycles. The van der Waals surface area contributed by atoms with Crippen LogP contribution in [-0.4, -0.2) is 22.4 Å². The molecule has 0 aliphatic heterocycles. The topological polar surface area (TPSA) is 80.0 Å². The Kier molecular flexibility index (Phi) is 4.28. The SMILES string of the molecule is C=CCNC(=O)c1cc(NCc2ccco2)ncn1. The van der Waals surface area contributed by atoms with Gasteiger partial charge in [0, 0.05) is 12.6 Å². The van der Waals surface area contributed by atoms with Crippen LogP contribution in [0.2, 0.25) is 0 Å². The molecule has 0 radical (unpaired) electrons. The maximum atomic E-state index is 11.7. The Labute approximate surface area is 110 Å². The van der Waals surface area contributed by atoms with Crippen molar-refractivity contribution < 1.29 is 9.21 Å². The van der Waals surface area contributed by atoms with Crippen molar-refractivity contribution in [3.05, 3.63) is 54.9 Å². The second kappa shape index (κ2) is 6.34. The molecule has 6 nitrogen and oxygen atoms in total. The van der Waals surface area contributed by atoms with Crippen molar-refractivity contribution in [2.24, 2.45) is 0 Å². The first kappa shape index (κ1) is 12.8. The van der Waals surface area contributed by atoms with Gasteiger partial charge in [0.1, 0.15) is 23.6 Å². The molecule has 0 saturated carbocycles. The molecule has 6 heteroatoms. The Morgan fingerprint density at radius 2 is 2.37 bits per heavy atom. The highest BCUT2D eigenvalue weighted by atomic mass is 16.3. The fraction of sp³-hybridized carbons (Fsp3) is 0.154. The summed E-state index contributed by atoms with van der Waals surface area (Å²) in [5, 5.41) is 5.71. The van der Waals surface area contributed by atoms with Crippen LogP contribution in [0.3, 0.4) is 0 Å². The van der Waals surface area contributed by atoms with Gasteiger partial charge >= 0.3 is 0 Å². The van der Waals surface area contributed by atoms with Crippen LogP contribution in [-0.2, 0) is 6.54 Å². The van der Waals surface area contributed by atoms with Crippen molar-refractivity contribution in [3.63, 3.8) is 0 Å². The molecule has 0 unspecified atom stereocenters. The van der Waals surface area contributed by atoms with E-state index in [4.69, 9.17) is 4.42 Å². The van der Waals surface area contributed by atoms with Gasteiger partial charge in [-0.15, -0.1) is 6.58 Å². The minimum absolute atomic E-state index is 0.261. The first-order chi connectivity index (χ1) is 9.29. The Balaban J connectivity index is 1.98. The van der Waals surface area contributed by atoms with Crippen LogP contribution in [0.1, 0.15) is 16.2 Å². The summed E-state index contributed by atoms with van der Waals surface area (Å²) in [5.41, 5.74) is 0.304. The van der Waals surface area contributed by atoms with Gasteiger partial charge in [0.25, 0.3) is 5.91 Å². The predicted octanol–water partition coefficient (Wildman–Crippen LogP) is 1.60. The zero-order chi connectivity index (χ0) is 13.5. The van der Waals surface area contributed by atoms with Crippen LogP contribution in [0.4, 0.5) is 5.82 Å². The van der Waals surface area contributed by atoms with E-state index < -0.39 is 0 Å². The standard InChI is InChI=1S/C13H14N4O2/c1-2-5-14-13(18)11-7-12(17-9-16-11)15-8-10-4-3-6-19-10/h2-4,6-7,9H,1,5,8H2,(H,14,18)(H,15,16,17). The molecule has 0 spiro atoms. The fourth-order valence-corrected chi connectivity index (χ4v) is 1.42. The molecular weight excluding hydrogens is 244 g/mol. The first-order valence-corrected chi connectivity index (χ1v) is 5.77. The van der Waals surface area contributed by atoms with Crippen LogP contribution in [0.15, 0.2) is 47.9 Å². The van der Waals surface area contributed by atoms with E-state index in [0.717, 1.165) is 5.76 Å². The molecule has 0 aromatic carbocycles. The molecule has 0 saturated heterocycles. The number of carbonyl (C=O) groups excluding carboxylic acids is 1. The van der Waals surface area contributed by atoms with E-state index in [1.165, 1.54) is 6.33 Å². The minimum Gasteiger partial charge on any atom is -0.467 e. The van der Waals surface area contributed by atoms with Gasteiger partial charge in [0.05, 0.1) is 12.8 Å². The fourth-order valence-electron chi connectivity index (χ4n) is 1.42. The molecule has 2 N–H and O–H groups in total. The Bertz CT molecular complexity index is 552. The van der Waals surface area contributed by atoms with Crippen LogP contribution < -0.4 is 10.6 Å². The summed E-state index contributed by atoms with van der Waals surface area (Å²) in [7, 11) is 0. The molecule has 2 aromatic heterocycles. The van der Waals surface area contributed by atoms with E-state index in [1.807, 2.05) is 12.1 Å². The van der Waals surface area contributed by atoms with Crippen LogP contribution in [0.5, 0.6) is 0 Å². The van der Waals surface area contributed by atoms with Gasteiger partial charge in [-0.2, -0.15) is 0 Å². The summed E-state index contributed by atoms with van der Waals surface area (Å²) in [4.78, 5) is 19.6. The number of amides is 1. The maximum Gasteiger partial charge on any atom is 0.270 e. The van der Waals surface area contributed by atoms with Crippen molar-refractivity contribution >= 4 is 11.7 Å². The molecule has 0 aliphatic carbocycles. The zero-order valence-electron chi connectivity index (χ0n) is 10.3. The Morgan fingerprint density at radius 1 is 1.47 bits per heavy atom. The van der Waals surface area contributed by atoms with Gasteiger partial charge in [-0.25, -0.2) is 9.97 Å². The van der Waals surface area contributed by atoms with Crippen LogP contribution in [0.25, 0.3) is 0 Å². The van der Waals surface area contributed by atoms with Gasteiger partial charge in [-0.1, -0.05) is 6.08 Å². The lowest BCUT2D eigenvalue weighted by atomic mass is 10.3. The number of nitrogens with one attached hydrogen (secondary N) is 2. The quantitative estimate of drug-likeness (QED) is 0.769. The maximum absolute atomic E-state index is 11.7. The van der Waals surface area contributed by atoms with Crippen LogP contribution >= 0.6 is 0 Å². The molecular formula is C13H14N4O2. The van der Waals surface area contributed by atoms with Crippen molar-refractivity contribution in [2.75, 3.05) is 11.9 Å². The van der Waals surface area contributed by atoms with Crippen molar-refractivity contribution in [2.45, 2.75) is 6.54 Å². The van der Waals surface area contributed by atoms with E-state index in [9.17, 15) is 4.79 Å². The lowest BCUT2D eigenvalue weighted by Gasteiger charge is -2.05. The molecule has 1 amide bonds. The number of carbonyl (C=O) groups is 1. The van der Waals surface area contributed by atoms with E-state index in [1.54, 1.807) is 18.4 Å². The Morgan fingerprint density at radius 3 is 3.11 bits per heavy atom. The van der Waals surface area contributed by atoms with Crippen molar-refractivity contribution in [3.8, 4) is 0 Å². The summed E-state index contributed by atoms with van der Waals surface area (Å²) in [6.45, 7) is 4.43. The average molecular weight is 258 g/mol. The Hall–Kier alpha value is -2.63. The third-order valence-electron chi connectivity index (χ3n) is 2.33. The summed E-state index contributed by atoms with van der Waals surface area (Å²) < 4.78 is 5.19. The minimum atomic E-state index is -0.261. The summed E-state index contributed by atoms with van der Waals surface area (Å²) in [5.74, 6) is 1.09. The number of furan rings is 1. The molecule has 0 bridgehead atoms. The van der Waals surface area contributed by atoms with Crippen LogP contribution in [0, 0.1) is 0 Å². The number of anilines is 1. The van der Waals surface area contributed by atoms with Gasteiger partial charge in [0.15, 0.2) is 0 Å². The largest absolute Gasteiger partial charge is 0.467 e. The highest BCUT2D eigenvalue weighted by Crippen LogP contribution is 2.07. The van der Waals surface area contributed by atoms with E-state index in [2.05, 4.69) is 27.2 Å². The third-order valence-corrected chi connectivity index (χ3v) is 2.33. The number of nitrogens with zero attached hydrogens (tertiary/aromatic N) is 2. The monoisotopic (exact) mass is 258 g/mol. The number of hydrogen-bond donors (Lipinski definition) is 2. The highest BCUT2D eigenvalue weighted by molar-refractivity contribution is 5.92. The second-order valence-electron chi connectivity index (χ2n) is 3.72. The summed E-state index contributed by atoms with van der Waals surface area (Å²) >= 11 is 0. The third kappa shape index (κ3) is 3.67.